The third kappa shape index (κ3) is 4.96. The minimum absolute atomic E-state index is 0.118. The van der Waals surface area contributed by atoms with Crippen molar-refractivity contribution in [1.82, 2.24) is 9.80 Å². The average Bonchev–Trinajstić information content (AvgIpc) is 2.90. The van der Waals surface area contributed by atoms with Crippen molar-refractivity contribution in [2.75, 3.05) is 32.8 Å². The van der Waals surface area contributed by atoms with Crippen LogP contribution in [0.2, 0.25) is 0 Å². The van der Waals surface area contributed by atoms with Crippen molar-refractivity contribution in [2.45, 2.75) is 45.3 Å². The number of ether oxygens (including phenoxy) is 2. The maximum atomic E-state index is 12.3. The highest BCUT2D eigenvalue weighted by Crippen LogP contribution is 2.36. The minimum atomic E-state index is -0.288. The van der Waals surface area contributed by atoms with E-state index >= 15 is 0 Å². The van der Waals surface area contributed by atoms with Gasteiger partial charge in [-0.2, -0.15) is 0 Å². The summed E-state index contributed by atoms with van der Waals surface area (Å²) in [7, 11) is 0. The van der Waals surface area contributed by atoms with E-state index < -0.39 is 0 Å². The molecule has 4 rings (SSSR count). The second-order valence-corrected chi connectivity index (χ2v) is 8.63. The molecular weight excluding hydrogens is 376 g/mol. The smallest absolute Gasteiger partial charge is 0.219 e. The SMILES string of the molecule is CC(=O)N1Cc2cc(C)ccc2OC2(CCN(CCCOc3ccccc3)CC2)C1. The van der Waals surface area contributed by atoms with Crippen LogP contribution in [0.25, 0.3) is 0 Å². The number of aryl methyl sites for hydroxylation is 1. The first-order chi connectivity index (χ1) is 14.5. The number of rotatable bonds is 5. The van der Waals surface area contributed by atoms with Crippen LogP contribution < -0.4 is 9.47 Å². The van der Waals surface area contributed by atoms with E-state index in [2.05, 4.69) is 30.0 Å². The molecule has 0 aromatic heterocycles. The standard InChI is InChI=1S/C25H32N2O3/c1-20-9-10-24-22(17-20)18-27(21(2)28)19-25(30-24)11-14-26(15-12-25)13-6-16-29-23-7-4-3-5-8-23/h3-5,7-10,17H,6,11-16,18-19H2,1-2H3. The van der Waals surface area contributed by atoms with Gasteiger partial charge in [0, 0.05) is 51.5 Å². The Morgan fingerprint density at radius 2 is 1.90 bits per heavy atom. The Morgan fingerprint density at radius 3 is 2.63 bits per heavy atom. The molecule has 1 saturated heterocycles. The first-order valence-corrected chi connectivity index (χ1v) is 11.0. The zero-order chi connectivity index (χ0) is 21.0. The quantitative estimate of drug-likeness (QED) is 0.701. The molecule has 5 heteroatoms. The van der Waals surface area contributed by atoms with E-state index in [4.69, 9.17) is 9.47 Å². The molecule has 30 heavy (non-hydrogen) atoms. The molecule has 1 fully saturated rings. The van der Waals surface area contributed by atoms with E-state index in [1.54, 1.807) is 6.92 Å². The van der Waals surface area contributed by atoms with Crippen LogP contribution in [0.5, 0.6) is 11.5 Å². The Bertz CT molecular complexity index is 860. The number of fused-ring (bicyclic) bond motifs is 1. The predicted molar refractivity (Wildman–Crippen MR) is 118 cm³/mol. The summed E-state index contributed by atoms with van der Waals surface area (Å²) < 4.78 is 12.4. The zero-order valence-corrected chi connectivity index (χ0v) is 18.1. The van der Waals surface area contributed by atoms with E-state index in [1.165, 1.54) is 5.56 Å². The molecule has 0 bridgehead atoms. The van der Waals surface area contributed by atoms with Crippen LogP contribution in [0.15, 0.2) is 48.5 Å². The van der Waals surface area contributed by atoms with Crippen molar-refractivity contribution in [2.24, 2.45) is 0 Å². The lowest BCUT2D eigenvalue weighted by molar-refractivity contribution is -0.132. The van der Waals surface area contributed by atoms with E-state index in [0.717, 1.165) is 62.6 Å². The Labute approximate surface area is 179 Å². The first kappa shape index (κ1) is 20.7. The molecule has 0 unspecified atom stereocenters. The molecule has 2 aromatic carbocycles. The molecule has 2 aliphatic rings. The summed E-state index contributed by atoms with van der Waals surface area (Å²) in [5.74, 6) is 1.99. The summed E-state index contributed by atoms with van der Waals surface area (Å²) >= 11 is 0. The van der Waals surface area contributed by atoms with Crippen molar-refractivity contribution in [3.05, 3.63) is 59.7 Å². The third-order valence-corrected chi connectivity index (χ3v) is 6.23. The van der Waals surface area contributed by atoms with Crippen LogP contribution in [-0.2, 0) is 11.3 Å². The summed E-state index contributed by atoms with van der Waals surface area (Å²) in [6.07, 6.45) is 2.87. The lowest BCUT2D eigenvalue weighted by Gasteiger charge is -2.42. The molecule has 0 radical (unpaired) electrons. The van der Waals surface area contributed by atoms with E-state index in [9.17, 15) is 4.79 Å². The highest BCUT2D eigenvalue weighted by atomic mass is 16.5. The van der Waals surface area contributed by atoms with Crippen LogP contribution in [-0.4, -0.2) is 54.1 Å². The number of likely N-dealkylation sites (tertiary alicyclic amines) is 1. The first-order valence-electron chi connectivity index (χ1n) is 11.0. The van der Waals surface area contributed by atoms with Crippen LogP contribution in [0.3, 0.4) is 0 Å². The number of carbonyl (C=O) groups is 1. The highest BCUT2D eigenvalue weighted by Gasteiger charge is 2.41. The largest absolute Gasteiger partial charge is 0.494 e. The van der Waals surface area contributed by atoms with Crippen LogP contribution in [0, 0.1) is 6.92 Å². The van der Waals surface area contributed by atoms with Crippen LogP contribution in [0.4, 0.5) is 0 Å². The lowest BCUT2D eigenvalue weighted by atomic mass is 9.90. The number of hydrogen-bond donors (Lipinski definition) is 0. The van der Waals surface area contributed by atoms with Crippen LogP contribution in [0.1, 0.15) is 37.3 Å². The van der Waals surface area contributed by atoms with Gasteiger partial charge in [0.15, 0.2) is 0 Å². The Kier molecular flexibility index (Phi) is 6.28. The van der Waals surface area contributed by atoms with Crippen molar-refractivity contribution >= 4 is 5.91 Å². The fourth-order valence-corrected chi connectivity index (χ4v) is 4.47. The van der Waals surface area contributed by atoms with Gasteiger partial charge in [0.05, 0.1) is 13.2 Å². The molecule has 160 valence electrons. The fraction of sp³-hybridized carbons (Fsp3) is 0.480. The molecule has 0 atom stereocenters. The molecule has 1 amide bonds. The van der Waals surface area contributed by atoms with Gasteiger partial charge in [-0.25, -0.2) is 0 Å². The lowest BCUT2D eigenvalue weighted by Crippen LogP contribution is -2.54. The predicted octanol–water partition coefficient (Wildman–Crippen LogP) is 4.04. The van der Waals surface area contributed by atoms with Gasteiger partial charge in [0.1, 0.15) is 17.1 Å². The molecule has 2 heterocycles. The normalized spacial score (nSPS) is 18.4. The van der Waals surface area contributed by atoms with Gasteiger partial charge in [0.2, 0.25) is 5.91 Å². The number of piperidine rings is 1. The number of nitrogens with zero attached hydrogens (tertiary/aromatic N) is 2. The second kappa shape index (κ2) is 9.09. The van der Waals surface area contributed by atoms with Crippen molar-refractivity contribution < 1.29 is 14.3 Å². The van der Waals surface area contributed by atoms with Crippen LogP contribution >= 0.6 is 0 Å². The molecule has 2 aromatic rings. The van der Waals surface area contributed by atoms with E-state index in [0.29, 0.717) is 13.1 Å². The number of amides is 1. The highest BCUT2D eigenvalue weighted by molar-refractivity contribution is 5.73. The Hall–Kier alpha value is -2.53. The van der Waals surface area contributed by atoms with E-state index in [1.807, 2.05) is 35.2 Å². The van der Waals surface area contributed by atoms with Gasteiger partial charge in [-0.05, 0) is 31.5 Å². The molecular formula is C25H32N2O3. The maximum Gasteiger partial charge on any atom is 0.219 e. The van der Waals surface area contributed by atoms with Gasteiger partial charge >= 0.3 is 0 Å². The molecule has 2 aliphatic heterocycles. The van der Waals surface area contributed by atoms with Gasteiger partial charge in [-0.1, -0.05) is 35.9 Å². The molecule has 0 aliphatic carbocycles. The molecule has 0 N–H and O–H groups in total. The second-order valence-electron chi connectivity index (χ2n) is 8.63. The van der Waals surface area contributed by atoms with Gasteiger partial charge in [-0.3, -0.25) is 4.79 Å². The number of carbonyl (C=O) groups excluding carboxylic acids is 1. The maximum absolute atomic E-state index is 12.3. The topological polar surface area (TPSA) is 42.0 Å². The van der Waals surface area contributed by atoms with Gasteiger partial charge in [-0.15, -0.1) is 0 Å². The molecule has 1 spiro atoms. The fourth-order valence-electron chi connectivity index (χ4n) is 4.47. The Balaban J connectivity index is 1.34. The Morgan fingerprint density at radius 1 is 1.13 bits per heavy atom. The van der Waals surface area contributed by atoms with E-state index in [-0.39, 0.29) is 11.5 Å². The average molecular weight is 409 g/mol. The summed E-state index contributed by atoms with van der Waals surface area (Å²) in [6.45, 7) is 8.77. The number of para-hydroxylation sites is 1. The molecule has 5 nitrogen and oxygen atoms in total. The monoisotopic (exact) mass is 408 g/mol. The summed E-state index contributed by atoms with van der Waals surface area (Å²) in [5.41, 5.74) is 2.02. The number of benzene rings is 2. The van der Waals surface area contributed by atoms with Crippen molar-refractivity contribution in [3.8, 4) is 11.5 Å². The minimum Gasteiger partial charge on any atom is -0.494 e. The number of hydrogen-bond acceptors (Lipinski definition) is 4. The van der Waals surface area contributed by atoms with Gasteiger partial charge in [0.25, 0.3) is 0 Å². The van der Waals surface area contributed by atoms with Gasteiger partial charge < -0.3 is 19.3 Å². The third-order valence-electron chi connectivity index (χ3n) is 6.23. The molecule has 0 saturated carbocycles. The van der Waals surface area contributed by atoms with Crippen molar-refractivity contribution in [1.29, 1.82) is 0 Å². The summed E-state index contributed by atoms with van der Waals surface area (Å²) in [6, 6.07) is 16.3. The summed E-state index contributed by atoms with van der Waals surface area (Å²) in [4.78, 5) is 16.7. The van der Waals surface area contributed by atoms with Crippen molar-refractivity contribution in [3.63, 3.8) is 0 Å². The zero-order valence-electron chi connectivity index (χ0n) is 18.1. The summed E-state index contributed by atoms with van der Waals surface area (Å²) in [5, 5.41) is 0.